The minimum absolute atomic E-state index is 0.519. The van der Waals surface area contributed by atoms with Crippen molar-refractivity contribution >= 4 is 43.7 Å². The van der Waals surface area contributed by atoms with Gasteiger partial charge in [0.25, 0.3) is 0 Å². The molecule has 0 aliphatic heterocycles. The highest BCUT2D eigenvalue weighted by molar-refractivity contribution is 6.24. The fourth-order valence-electron chi connectivity index (χ4n) is 14.0. The summed E-state index contributed by atoms with van der Waals surface area (Å²) in [7, 11) is 0. The van der Waals surface area contributed by atoms with E-state index in [2.05, 4.69) is 302 Å². The van der Waals surface area contributed by atoms with Gasteiger partial charge in [0.1, 0.15) is 23.3 Å². The van der Waals surface area contributed by atoms with Crippen LogP contribution < -0.4 is 0 Å². The molecule has 0 bridgehead atoms. The van der Waals surface area contributed by atoms with Crippen LogP contribution in [0.15, 0.2) is 326 Å². The highest BCUT2D eigenvalue weighted by Crippen LogP contribution is 2.57. The van der Waals surface area contributed by atoms with Crippen LogP contribution in [-0.2, 0) is 0 Å². The Kier molecular flexibility index (Phi) is 13.3. The zero-order valence-corrected chi connectivity index (χ0v) is 48.8. The van der Waals surface area contributed by atoms with Gasteiger partial charge in [-0.3, -0.25) is 0 Å². The summed E-state index contributed by atoms with van der Waals surface area (Å²) in [6.07, 6.45) is 0. The molecule has 0 radical (unpaired) electrons. The second-order valence-corrected chi connectivity index (χ2v) is 22.7. The number of benzene rings is 14. The average Bonchev–Trinajstić information content (AvgIpc) is 1.34. The summed E-state index contributed by atoms with van der Waals surface area (Å²) in [6.45, 7) is 0. The predicted molar refractivity (Wildman–Crippen MR) is 372 cm³/mol. The van der Waals surface area contributed by atoms with E-state index in [1.807, 2.05) is 36.4 Å². The topological polar surface area (TPSA) is 65.7 Å². The predicted octanol–water partition coefficient (Wildman–Crippen LogP) is 23.1. The molecule has 14 aromatic carbocycles. The lowest BCUT2D eigenvalue weighted by molar-refractivity contribution is 0.673. The largest absolute Gasteiger partial charge is 0.455 e. The maximum absolute atomic E-state index is 12.5. The standard InChI is InChI=1S/C86H53N3O/c87-54-70-75(56-29-9-1-10-30-56)79(58-33-13-3-14-34-58)83(62-41-21-7-22-42-62)81(60-37-17-5-18-38-60)77(70)64-51-65(53-66(52-64)89-72-47-27-25-46-69(72)85-73(89)50-49-68-67-45-26-28-48-74(67)90-86(68)85)78-71(55-88)76(57-31-11-2-12-32-57)80(59-35-15-4-16-36-59)84(63-43-23-8-24-44-63)82(78)61-39-19-6-20-40-61/h1-53H. The van der Waals surface area contributed by atoms with E-state index in [-0.39, 0.29) is 0 Å². The van der Waals surface area contributed by atoms with Crippen LogP contribution in [0.1, 0.15) is 11.1 Å². The molecule has 0 fully saturated rings. The van der Waals surface area contributed by atoms with Gasteiger partial charge in [-0.2, -0.15) is 10.5 Å². The molecule has 0 unspecified atom stereocenters. The first-order valence-corrected chi connectivity index (χ1v) is 30.4. The van der Waals surface area contributed by atoms with E-state index in [9.17, 15) is 10.5 Å². The van der Waals surface area contributed by atoms with Crippen LogP contribution in [0.4, 0.5) is 0 Å². The lowest BCUT2D eigenvalue weighted by Crippen LogP contribution is -2.05. The summed E-state index contributed by atoms with van der Waals surface area (Å²) in [5, 5.41) is 29.2. The van der Waals surface area contributed by atoms with Crippen LogP contribution in [0, 0.1) is 22.7 Å². The molecular formula is C86H53N3O. The number of nitrogens with zero attached hydrogens (tertiary/aromatic N) is 3. The summed E-state index contributed by atoms with van der Waals surface area (Å²) < 4.78 is 9.29. The molecule has 2 heterocycles. The smallest absolute Gasteiger partial charge is 0.145 e. The third-order valence-electron chi connectivity index (χ3n) is 17.7. The van der Waals surface area contributed by atoms with Crippen LogP contribution in [-0.4, -0.2) is 4.57 Å². The maximum atomic E-state index is 12.5. The van der Waals surface area contributed by atoms with E-state index in [0.717, 1.165) is 161 Å². The molecule has 4 nitrogen and oxygen atoms in total. The number of fused-ring (bicyclic) bond motifs is 7. The van der Waals surface area contributed by atoms with Crippen molar-refractivity contribution in [3.8, 4) is 129 Å². The molecule has 0 saturated carbocycles. The number of hydrogen-bond acceptors (Lipinski definition) is 3. The molecule has 2 aromatic heterocycles. The summed E-state index contributed by atoms with van der Waals surface area (Å²) in [6, 6.07) is 118. The summed E-state index contributed by atoms with van der Waals surface area (Å²) in [4.78, 5) is 0. The Morgan fingerprint density at radius 3 is 0.911 bits per heavy atom. The molecule has 418 valence electrons. The van der Waals surface area contributed by atoms with Gasteiger partial charge >= 0.3 is 0 Å². The quantitative estimate of drug-likeness (QED) is 0.130. The first-order valence-electron chi connectivity index (χ1n) is 30.4. The van der Waals surface area contributed by atoms with Crippen molar-refractivity contribution in [1.29, 1.82) is 10.5 Å². The van der Waals surface area contributed by atoms with E-state index < -0.39 is 0 Å². The fourth-order valence-corrected chi connectivity index (χ4v) is 14.0. The number of hydrogen-bond donors (Lipinski definition) is 0. The van der Waals surface area contributed by atoms with Gasteiger partial charge in [-0.25, -0.2) is 0 Å². The average molecular weight is 1140 g/mol. The number of furan rings is 1. The molecule has 0 aliphatic carbocycles. The van der Waals surface area contributed by atoms with Crippen molar-refractivity contribution in [2.75, 3.05) is 0 Å². The SMILES string of the molecule is N#Cc1c(-c2ccccc2)c(-c2ccccc2)c(-c2ccccc2)c(-c2ccccc2)c1-c1cc(-c2c(C#N)c(-c3ccccc3)c(-c3ccccc3)c(-c3ccccc3)c2-c2ccccc2)cc(-n2c3ccccc3c3c4oc5ccccc5c4ccc32)c1. The van der Waals surface area contributed by atoms with Gasteiger partial charge < -0.3 is 8.98 Å². The Labute approximate surface area is 522 Å². The molecule has 4 heteroatoms. The Morgan fingerprint density at radius 2 is 0.544 bits per heavy atom. The Morgan fingerprint density at radius 1 is 0.244 bits per heavy atom. The Bertz CT molecular complexity index is 5240. The van der Waals surface area contributed by atoms with Gasteiger partial charge in [-0.05, 0) is 131 Å². The highest BCUT2D eigenvalue weighted by atomic mass is 16.3. The number of nitriles is 2. The summed E-state index contributed by atoms with van der Waals surface area (Å²) >= 11 is 0. The maximum Gasteiger partial charge on any atom is 0.145 e. The van der Waals surface area contributed by atoms with Crippen LogP contribution in [0.2, 0.25) is 0 Å². The van der Waals surface area contributed by atoms with E-state index in [1.54, 1.807) is 0 Å². The molecule has 0 N–H and O–H groups in total. The highest BCUT2D eigenvalue weighted by Gasteiger charge is 2.33. The van der Waals surface area contributed by atoms with Gasteiger partial charge in [0, 0.05) is 44.1 Å². The van der Waals surface area contributed by atoms with Crippen molar-refractivity contribution < 1.29 is 4.42 Å². The van der Waals surface area contributed by atoms with E-state index in [1.165, 1.54) is 0 Å². The minimum atomic E-state index is 0.519. The fraction of sp³-hybridized carbons (Fsp3) is 0. The van der Waals surface area contributed by atoms with Gasteiger partial charge in [0.2, 0.25) is 0 Å². The van der Waals surface area contributed by atoms with Crippen LogP contribution in [0.25, 0.3) is 161 Å². The molecular weight excluding hydrogens is 1090 g/mol. The van der Waals surface area contributed by atoms with Crippen LogP contribution in [0.3, 0.4) is 0 Å². The van der Waals surface area contributed by atoms with Gasteiger partial charge in [-0.1, -0.05) is 279 Å². The second-order valence-electron chi connectivity index (χ2n) is 22.7. The number of aromatic nitrogens is 1. The molecule has 0 atom stereocenters. The van der Waals surface area contributed by atoms with Crippen molar-refractivity contribution in [1.82, 2.24) is 4.57 Å². The Balaban J connectivity index is 1.16. The lowest BCUT2D eigenvalue weighted by atomic mass is 9.74. The zero-order chi connectivity index (χ0) is 60.1. The van der Waals surface area contributed by atoms with Gasteiger partial charge in [0.15, 0.2) is 0 Å². The first-order chi connectivity index (χ1) is 44.6. The third-order valence-corrected chi connectivity index (χ3v) is 17.7. The van der Waals surface area contributed by atoms with Crippen LogP contribution in [0.5, 0.6) is 0 Å². The lowest BCUT2D eigenvalue weighted by Gasteiger charge is -2.28. The first kappa shape index (κ1) is 53.2. The van der Waals surface area contributed by atoms with Crippen molar-refractivity contribution in [2.24, 2.45) is 0 Å². The van der Waals surface area contributed by atoms with Crippen molar-refractivity contribution in [3.63, 3.8) is 0 Å². The molecule has 0 aliphatic rings. The summed E-state index contributed by atoms with van der Waals surface area (Å²) in [5.41, 5.74) is 23.6. The van der Waals surface area contributed by atoms with E-state index >= 15 is 0 Å². The van der Waals surface area contributed by atoms with Crippen molar-refractivity contribution in [2.45, 2.75) is 0 Å². The normalized spacial score (nSPS) is 11.3. The summed E-state index contributed by atoms with van der Waals surface area (Å²) in [5.74, 6) is 0. The molecule has 0 saturated heterocycles. The van der Waals surface area contributed by atoms with Crippen molar-refractivity contribution in [3.05, 3.63) is 333 Å². The second kappa shape index (κ2) is 22.5. The molecule has 90 heavy (non-hydrogen) atoms. The van der Waals surface area contributed by atoms with E-state index in [0.29, 0.717) is 11.1 Å². The molecule has 16 aromatic rings. The number of para-hydroxylation sites is 2. The Hall–Kier alpha value is -12.3. The third kappa shape index (κ3) is 8.82. The van der Waals surface area contributed by atoms with E-state index in [4.69, 9.17) is 4.42 Å². The minimum Gasteiger partial charge on any atom is -0.455 e. The molecule has 0 amide bonds. The number of rotatable bonds is 11. The zero-order valence-electron chi connectivity index (χ0n) is 48.8. The van der Waals surface area contributed by atoms with Gasteiger partial charge in [0.05, 0.1) is 27.5 Å². The van der Waals surface area contributed by atoms with Gasteiger partial charge in [-0.15, -0.1) is 0 Å². The monoisotopic (exact) mass is 1140 g/mol. The molecule has 0 spiro atoms. The molecule has 16 rings (SSSR count). The van der Waals surface area contributed by atoms with Crippen LogP contribution >= 0.6 is 0 Å².